The number of hydrogen-bond donors (Lipinski definition) is 1. The number of thioether (sulfide) groups is 1. The Labute approximate surface area is 110 Å². The summed E-state index contributed by atoms with van der Waals surface area (Å²) in [5.41, 5.74) is 0.355. The first kappa shape index (κ1) is 12.3. The third-order valence-electron chi connectivity index (χ3n) is 2.04. The van der Waals surface area contributed by atoms with Crippen LogP contribution >= 0.6 is 27.7 Å². The number of H-pyrrole nitrogens is 1. The Balaban J connectivity index is 2.13. The predicted molar refractivity (Wildman–Crippen MR) is 68.5 cm³/mol. The van der Waals surface area contributed by atoms with Crippen molar-refractivity contribution in [1.82, 2.24) is 9.97 Å². The molecule has 88 valence electrons. The first-order chi connectivity index (χ1) is 8.16. The second-order valence-electron chi connectivity index (χ2n) is 3.24. The minimum atomic E-state index is -0.279. The highest BCUT2D eigenvalue weighted by atomic mass is 79.9. The van der Waals surface area contributed by atoms with Crippen molar-refractivity contribution in [3.63, 3.8) is 0 Å². The normalized spacial score (nSPS) is 10.5. The second kappa shape index (κ2) is 5.46. The average Bonchev–Trinajstić information content (AvgIpc) is 2.31. The van der Waals surface area contributed by atoms with Crippen molar-refractivity contribution >= 4 is 27.7 Å². The van der Waals surface area contributed by atoms with Crippen molar-refractivity contribution in [2.24, 2.45) is 0 Å². The van der Waals surface area contributed by atoms with E-state index < -0.39 is 0 Å². The molecule has 0 amide bonds. The van der Waals surface area contributed by atoms with Crippen molar-refractivity contribution in [2.75, 3.05) is 0 Å². The zero-order valence-electron chi connectivity index (χ0n) is 8.61. The van der Waals surface area contributed by atoms with E-state index in [-0.39, 0.29) is 11.4 Å². The molecule has 0 aliphatic heterocycles. The molecule has 0 atom stereocenters. The van der Waals surface area contributed by atoms with E-state index in [0.717, 1.165) is 0 Å². The lowest BCUT2D eigenvalue weighted by molar-refractivity contribution is 0.610. The summed E-state index contributed by atoms with van der Waals surface area (Å²) in [5.74, 6) is 0.136. The van der Waals surface area contributed by atoms with Crippen LogP contribution < -0.4 is 5.56 Å². The fourth-order valence-electron chi connectivity index (χ4n) is 1.23. The van der Waals surface area contributed by atoms with E-state index in [0.29, 0.717) is 20.9 Å². The molecular weight excluding hydrogens is 307 g/mol. The Morgan fingerprint density at radius 1 is 1.41 bits per heavy atom. The van der Waals surface area contributed by atoms with Gasteiger partial charge in [-0.25, -0.2) is 9.37 Å². The summed E-state index contributed by atoms with van der Waals surface area (Å²) >= 11 is 4.41. The Bertz CT molecular complexity index is 588. The Kier molecular flexibility index (Phi) is 3.96. The molecule has 0 spiro atoms. The molecule has 1 N–H and O–H groups in total. The molecule has 0 unspecified atom stereocenters. The largest absolute Gasteiger partial charge is 0.301 e. The van der Waals surface area contributed by atoms with Crippen molar-refractivity contribution in [3.05, 3.63) is 56.7 Å². The number of aromatic amines is 1. The first-order valence-corrected chi connectivity index (χ1v) is 6.55. The first-order valence-electron chi connectivity index (χ1n) is 4.78. The molecule has 0 radical (unpaired) electrons. The molecule has 1 aromatic carbocycles. The summed E-state index contributed by atoms with van der Waals surface area (Å²) in [6, 6.07) is 6.45. The summed E-state index contributed by atoms with van der Waals surface area (Å²) in [6.07, 6.45) is 1.43. The molecule has 0 bridgehead atoms. The van der Waals surface area contributed by atoms with Crippen LogP contribution in [0.1, 0.15) is 5.56 Å². The number of nitrogens with one attached hydrogen (secondary N) is 1. The van der Waals surface area contributed by atoms with Gasteiger partial charge in [0.05, 0.1) is 4.47 Å². The van der Waals surface area contributed by atoms with Gasteiger partial charge in [-0.05, 0) is 27.6 Å². The maximum atomic E-state index is 13.6. The van der Waals surface area contributed by atoms with Gasteiger partial charge in [0.1, 0.15) is 5.82 Å². The number of rotatable bonds is 3. The van der Waals surface area contributed by atoms with E-state index in [4.69, 9.17) is 0 Å². The molecule has 2 rings (SSSR count). The van der Waals surface area contributed by atoms with Gasteiger partial charge >= 0.3 is 0 Å². The molecule has 0 fully saturated rings. The SMILES string of the molecule is O=c1ccnc(SCc2cccc(Br)c2F)[nH]1. The molecule has 3 nitrogen and oxygen atoms in total. The summed E-state index contributed by atoms with van der Waals surface area (Å²) in [7, 11) is 0. The highest BCUT2D eigenvalue weighted by Crippen LogP contribution is 2.24. The molecule has 2 aromatic rings. The van der Waals surface area contributed by atoms with E-state index in [1.165, 1.54) is 24.0 Å². The molecule has 0 saturated heterocycles. The van der Waals surface area contributed by atoms with E-state index in [1.54, 1.807) is 18.2 Å². The van der Waals surface area contributed by atoms with Crippen molar-refractivity contribution < 1.29 is 4.39 Å². The minimum Gasteiger partial charge on any atom is -0.301 e. The zero-order chi connectivity index (χ0) is 12.3. The number of benzene rings is 1. The maximum absolute atomic E-state index is 13.6. The number of aromatic nitrogens is 2. The lowest BCUT2D eigenvalue weighted by Gasteiger charge is -2.03. The smallest absolute Gasteiger partial charge is 0.251 e. The molecule has 6 heteroatoms. The third kappa shape index (κ3) is 3.17. The Morgan fingerprint density at radius 3 is 3.00 bits per heavy atom. The predicted octanol–water partition coefficient (Wildman–Crippen LogP) is 2.96. The maximum Gasteiger partial charge on any atom is 0.251 e. The van der Waals surface area contributed by atoms with Crippen LogP contribution in [0.4, 0.5) is 4.39 Å². The van der Waals surface area contributed by atoms with Crippen molar-refractivity contribution in [3.8, 4) is 0 Å². The molecule has 1 heterocycles. The van der Waals surface area contributed by atoms with Gasteiger partial charge in [0.15, 0.2) is 5.16 Å². The van der Waals surface area contributed by atoms with Crippen LogP contribution in [-0.4, -0.2) is 9.97 Å². The van der Waals surface area contributed by atoms with Crippen LogP contribution in [0.3, 0.4) is 0 Å². The van der Waals surface area contributed by atoms with Gasteiger partial charge in [-0.1, -0.05) is 23.9 Å². The quantitative estimate of drug-likeness (QED) is 0.700. The number of nitrogens with zero attached hydrogens (tertiary/aromatic N) is 1. The summed E-state index contributed by atoms with van der Waals surface area (Å²) in [5, 5.41) is 0.483. The Hall–Kier alpha value is -1.14. The summed E-state index contributed by atoms with van der Waals surface area (Å²) < 4.78 is 14.1. The topological polar surface area (TPSA) is 45.8 Å². The van der Waals surface area contributed by atoms with Gasteiger partial charge in [0, 0.05) is 18.0 Å². The van der Waals surface area contributed by atoms with Gasteiger partial charge in [0.25, 0.3) is 5.56 Å². The molecule has 17 heavy (non-hydrogen) atoms. The van der Waals surface area contributed by atoms with Gasteiger partial charge in [-0.3, -0.25) is 4.79 Å². The fraction of sp³-hybridized carbons (Fsp3) is 0.0909. The molecular formula is C11H8BrFN2OS. The van der Waals surface area contributed by atoms with Gasteiger partial charge in [-0.2, -0.15) is 0 Å². The van der Waals surface area contributed by atoms with Crippen molar-refractivity contribution in [2.45, 2.75) is 10.9 Å². The highest BCUT2D eigenvalue weighted by molar-refractivity contribution is 9.10. The fourth-order valence-corrected chi connectivity index (χ4v) is 2.46. The Morgan fingerprint density at radius 2 is 2.24 bits per heavy atom. The number of halogens is 2. The van der Waals surface area contributed by atoms with Crippen LogP contribution in [0, 0.1) is 5.82 Å². The van der Waals surface area contributed by atoms with Crippen LogP contribution in [0.15, 0.2) is 44.9 Å². The summed E-state index contributed by atoms with van der Waals surface area (Å²) in [6.45, 7) is 0. The van der Waals surface area contributed by atoms with E-state index >= 15 is 0 Å². The zero-order valence-corrected chi connectivity index (χ0v) is 11.0. The lowest BCUT2D eigenvalue weighted by Crippen LogP contribution is -2.05. The monoisotopic (exact) mass is 314 g/mol. The van der Waals surface area contributed by atoms with E-state index in [9.17, 15) is 9.18 Å². The van der Waals surface area contributed by atoms with E-state index in [2.05, 4.69) is 25.9 Å². The van der Waals surface area contributed by atoms with Crippen LogP contribution in [0.5, 0.6) is 0 Å². The molecule has 1 aromatic heterocycles. The highest BCUT2D eigenvalue weighted by Gasteiger charge is 2.06. The third-order valence-corrected chi connectivity index (χ3v) is 3.59. The molecule has 0 saturated carbocycles. The van der Waals surface area contributed by atoms with Gasteiger partial charge in [0.2, 0.25) is 0 Å². The van der Waals surface area contributed by atoms with Crippen LogP contribution in [0.2, 0.25) is 0 Å². The lowest BCUT2D eigenvalue weighted by atomic mass is 10.2. The van der Waals surface area contributed by atoms with Crippen molar-refractivity contribution in [1.29, 1.82) is 0 Å². The van der Waals surface area contributed by atoms with Gasteiger partial charge in [-0.15, -0.1) is 0 Å². The van der Waals surface area contributed by atoms with Crippen LogP contribution in [0.25, 0.3) is 0 Å². The number of hydrogen-bond acceptors (Lipinski definition) is 3. The average molecular weight is 315 g/mol. The minimum absolute atomic E-state index is 0.211. The van der Waals surface area contributed by atoms with Crippen LogP contribution in [-0.2, 0) is 5.75 Å². The van der Waals surface area contributed by atoms with Gasteiger partial charge < -0.3 is 4.98 Å². The standard InChI is InChI=1S/C11H8BrFN2OS/c12-8-3-1-2-7(10(8)13)6-17-11-14-5-4-9(16)15-11/h1-5H,6H2,(H,14,15,16). The second-order valence-corrected chi connectivity index (χ2v) is 5.06. The summed E-state index contributed by atoms with van der Waals surface area (Å²) in [4.78, 5) is 17.6. The van der Waals surface area contributed by atoms with E-state index in [1.807, 2.05) is 0 Å². The molecule has 0 aliphatic rings. The molecule has 0 aliphatic carbocycles.